The van der Waals surface area contributed by atoms with E-state index in [1.165, 1.54) is 0 Å². The van der Waals surface area contributed by atoms with Crippen molar-refractivity contribution in [2.75, 3.05) is 0 Å². The van der Waals surface area contributed by atoms with Crippen LogP contribution in [0.25, 0.3) is 11.5 Å². The van der Waals surface area contributed by atoms with Crippen molar-refractivity contribution in [3.8, 4) is 11.5 Å². The summed E-state index contributed by atoms with van der Waals surface area (Å²) in [5.41, 5.74) is 7.29. The van der Waals surface area contributed by atoms with Gasteiger partial charge in [-0.3, -0.25) is 4.79 Å². The third-order valence-electron chi connectivity index (χ3n) is 3.22. The Morgan fingerprint density at radius 2 is 2.00 bits per heavy atom. The molecule has 6 heteroatoms. The van der Waals surface area contributed by atoms with E-state index in [1.54, 1.807) is 13.2 Å². The molecule has 0 radical (unpaired) electrons. The minimum absolute atomic E-state index is 0. The Morgan fingerprint density at radius 3 is 2.62 bits per heavy atom. The smallest absolute Gasteiger partial charge is 0.226 e. The summed E-state index contributed by atoms with van der Waals surface area (Å²) in [6.45, 7) is 3.96. The predicted molar refractivity (Wildman–Crippen MR) is 83.8 cm³/mol. The summed E-state index contributed by atoms with van der Waals surface area (Å²) >= 11 is 0. The van der Waals surface area contributed by atoms with Gasteiger partial charge < -0.3 is 15.5 Å². The molecule has 0 saturated heterocycles. The number of hydrogen-bond donors (Lipinski definition) is 2. The van der Waals surface area contributed by atoms with Gasteiger partial charge in [0.05, 0.1) is 12.2 Å². The molecule has 1 aromatic carbocycles. The minimum Gasteiger partial charge on any atom is -0.444 e. The largest absolute Gasteiger partial charge is 0.444 e. The number of oxazole rings is 1. The lowest BCUT2D eigenvalue weighted by atomic mass is 10.0. The number of amides is 1. The van der Waals surface area contributed by atoms with Gasteiger partial charge in [-0.25, -0.2) is 4.98 Å². The number of nitrogens with zero attached hydrogens (tertiary/aromatic N) is 1. The van der Waals surface area contributed by atoms with E-state index in [-0.39, 0.29) is 30.3 Å². The van der Waals surface area contributed by atoms with E-state index >= 15 is 0 Å². The number of halogens is 1. The van der Waals surface area contributed by atoms with Gasteiger partial charge in [-0.05, 0) is 19.1 Å². The Labute approximate surface area is 130 Å². The maximum absolute atomic E-state index is 11.8. The summed E-state index contributed by atoms with van der Waals surface area (Å²) in [4.78, 5) is 16.1. The summed E-state index contributed by atoms with van der Waals surface area (Å²) in [5.74, 6) is 0.245. The van der Waals surface area contributed by atoms with Crippen molar-refractivity contribution < 1.29 is 9.21 Å². The quantitative estimate of drug-likeness (QED) is 0.888. The molecule has 5 nitrogen and oxygen atoms in total. The maximum atomic E-state index is 11.8. The number of hydrogen-bond acceptors (Lipinski definition) is 4. The minimum atomic E-state index is -0.226. The monoisotopic (exact) mass is 309 g/mol. The van der Waals surface area contributed by atoms with Gasteiger partial charge in [0.1, 0.15) is 6.26 Å². The van der Waals surface area contributed by atoms with E-state index in [0.717, 1.165) is 5.56 Å². The maximum Gasteiger partial charge on any atom is 0.226 e. The molecule has 2 atom stereocenters. The highest BCUT2D eigenvalue weighted by Crippen LogP contribution is 2.17. The van der Waals surface area contributed by atoms with Crippen LogP contribution in [0.15, 0.2) is 41.0 Å². The van der Waals surface area contributed by atoms with E-state index in [2.05, 4.69) is 10.3 Å². The standard InChI is InChI=1S/C15H19N3O2.ClH/c1-10(11(2)16)14(19)17-8-13-9-20-15(18-13)12-6-4-3-5-7-12;/h3-7,9-11H,8,16H2,1-2H3,(H,17,19);1H. The zero-order valence-corrected chi connectivity index (χ0v) is 12.9. The molecule has 1 aromatic heterocycles. The second kappa shape index (κ2) is 7.81. The summed E-state index contributed by atoms with van der Waals surface area (Å²) in [6, 6.07) is 9.45. The molecule has 2 rings (SSSR count). The lowest BCUT2D eigenvalue weighted by molar-refractivity contribution is -0.125. The molecule has 114 valence electrons. The van der Waals surface area contributed by atoms with Crippen molar-refractivity contribution >= 4 is 18.3 Å². The fourth-order valence-electron chi connectivity index (χ4n) is 1.68. The van der Waals surface area contributed by atoms with Crippen LogP contribution in [0.4, 0.5) is 0 Å². The number of benzene rings is 1. The van der Waals surface area contributed by atoms with Crippen LogP contribution in [0.1, 0.15) is 19.5 Å². The van der Waals surface area contributed by atoms with Crippen molar-refractivity contribution in [3.63, 3.8) is 0 Å². The van der Waals surface area contributed by atoms with Gasteiger partial charge in [0.15, 0.2) is 0 Å². The Bertz CT molecular complexity index is 569. The lowest BCUT2D eigenvalue weighted by Gasteiger charge is -2.14. The van der Waals surface area contributed by atoms with Gasteiger partial charge in [-0.1, -0.05) is 25.1 Å². The van der Waals surface area contributed by atoms with Crippen molar-refractivity contribution in [2.24, 2.45) is 11.7 Å². The SMILES string of the molecule is CC(N)C(C)C(=O)NCc1coc(-c2ccccc2)n1.Cl. The Hall–Kier alpha value is -1.85. The number of rotatable bonds is 5. The molecule has 2 aromatic rings. The third-order valence-corrected chi connectivity index (χ3v) is 3.22. The predicted octanol–water partition coefficient (Wildman–Crippen LogP) is 2.36. The topological polar surface area (TPSA) is 81.2 Å². The molecule has 0 saturated carbocycles. The average Bonchev–Trinajstić information content (AvgIpc) is 2.93. The second-order valence-electron chi connectivity index (χ2n) is 4.88. The van der Waals surface area contributed by atoms with Gasteiger partial charge in [-0.15, -0.1) is 12.4 Å². The van der Waals surface area contributed by atoms with Crippen LogP contribution in [0, 0.1) is 5.92 Å². The van der Waals surface area contributed by atoms with Crippen molar-refractivity contribution in [1.82, 2.24) is 10.3 Å². The Balaban J connectivity index is 0.00000220. The first-order valence-corrected chi connectivity index (χ1v) is 6.61. The molecule has 0 aliphatic carbocycles. The molecular formula is C15H20ClN3O2. The summed E-state index contributed by atoms with van der Waals surface area (Å²) in [5, 5.41) is 2.80. The molecule has 0 bridgehead atoms. The van der Waals surface area contributed by atoms with Crippen molar-refractivity contribution in [2.45, 2.75) is 26.4 Å². The van der Waals surface area contributed by atoms with E-state index in [4.69, 9.17) is 10.2 Å². The Morgan fingerprint density at radius 1 is 1.33 bits per heavy atom. The molecule has 1 amide bonds. The van der Waals surface area contributed by atoms with Gasteiger partial charge in [0, 0.05) is 17.5 Å². The summed E-state index contributed by atoms with van der Waals surface area (Å²) in [7, 11) is 0. The number of nitrogens with two attached hydrogens (primary N) is 1. The fraction of sp³-hybridized carbons (Fsp3) is 0.333. The van der Waals surface area contributed by atoms with Gasteiger partial charge in [0.25, 0.3) is 0 Å². The number of nitrogens with one attached hydrogen (secondary N) is 1. The first kappa shape index (κ1) is 17.2. The number of carbonyl (C=O) groups excluding carboxylic acids is 1. The van der Waals surface area contributed by atoms with Gasteiger partial charge in [-0.2, -0.15) is 0 Å². The molecule has 2 unspecified atom stereocenters. The summed E-state index contributed by atoms with van der Waals surface area (Å²) < 4.78 is 5.40. The average molecular weight is 310 g/mol. The highest BCUT2D eigenvalue weighted by molar-refractivity contribution is 5.85. The van der Waals surface area contributed by atoms with Crippen LogP contribution in [-0.4, -0.2) is 16.9 Å². The highest BCUT2D eigenvalue weighted by atomic mass is 35.5. The van der Waals surface area contributed by atoms with Crippen molar-refractivity contribution in [1.29, 1.82) is 0 Å². The van der Waals surface area contributed by atoms with Crippen molar-refractivity contribution in [3.05, 3.63) is 42.3 Å². The zero-order valence-electron chi connectivity index (χ0n) is 12.1. The van der Waals surface area contributed by atoms with E-state index in [9.17, 15) is 4.79 Å². The van der Waals surface area contributed by atoms with Crippen LogP contribution in [0.3, 0.4) is 0 Å². The van der Waals surface area contributed by atoms with E-state index < -0.39 is 0 Å². The molecule has 0 aliphatic rings. The highest BCUT2D eigenvalue weighted by Gasteiger charge is 2.17. The van der Waals surface area contributed by atoms with Gasteiger partial charge >= 0.3 is 0 Å². The molecule has 1 heterocycles. The molecule has 3 N–H and O–H groups in total. The number of aromatic nitrogens is 1. The van der Waals surface area contributed by atoms with E-state index in [1.807, 2.05) is 37.3 Å². The number of carbonyl (C=O) groups is 1. The van der Waals surface area contributed by atoms with E-state index in [0.29, 0.717) is 18.1 Å². The van der Waals surface area contributed by atoms with Crippen LogP contribution in [0.5, 0.6) is 0 Å². The molecular weight excluding hydrogens is 290 g/mol. The van der Waals surface area contributed by atoms with Crippen LogP contribution >= 0.6 is 12.4 Å². The lowest BCUT2D eigenvalue weighted by Crippen LogP contribution is -2.38. The molecule has 0 spiro atoms. The van der Waals surface area contributed by atoms with Crippen LogP contribution < -0.4 is 11.1 Å². The first-order chi connectivity index (χ1) is 9.58. The van der Waals surface area contributed by atoms with Gasteiger partial charge in [0.2, 0.25) is 11.8 Å². The first-order valence-electron chi connectivity index (χ1n) is 6.61. The third kappa shape index (κ3) is 4.58. The normalized spacial score (nSPS) is 13.1. The second-order valence-corrected chi connectivity index (χ2v) is 4.88. The fourth-order valence-corrected chi connectivity index (χ4v) is 1.68. The Kier molecular flexibility index (Phi) is 6.39. The molecule has 21 heavy (non-hydrogen) atoms. The molecule has 0 fully saturated rings. The molecule has 0 aliphatic heterocycles. The van der Waals surface area contributed by atoms with Crippen LogP contribution in [-0.2, 0) is 11.3 Å². The van der Waals surface area contributed by atoms with Crippen LogP contribution in [0.2, 0.25) is 0 Å². The zero-order chi connectivity index (χ0) is 14.5. The summed E-state index contributed by atoms with van der Waals surface area (Å²) in [6.07, 6.45) is 1.55.